The maximum absolute atomic E-state index is 12.1. The summed E-state index contributed by atoms with van der Waals surface area (Å²) < 4.78 is 2.17. The number of hydrogen-bond donors (Lipinski definition) is 0. The Morgan fingerprint density at radius 1 is 1.45 bits per heavy atom. The predicted octanol–water partition coefficient (Wildman–Crippen LogP) is 3.10. The van der Waals surface area contributed by atoms with Crippen LogP contribution < -0.4 is 0 Å². The zero-order valence-corrected chi connectivity index (χ0v) is 12.9. The van der Waals surface area contributed by atoms with Crippen LogP contribution in [0.25, 0.3) is 10.7 Å². The number of imidazole rings is 1. The summed E-state index contributed by atoms with van der Waals surface area (Å²) in [6.45, 7) is 7.02. The van der Waals surface area contributed by atoms with E-state index in [1.807, 2.05) is 17.3 Å². The van der Waals surface area contributed by atoms with Crippen LogP contribution in [0.1, 0.15) is 31.9 Å². The molecular weight excluding hydrogens is 270 g/mol. The van der Waals surface area contributed by atoms with Gasteiger partial charge in [0.05, 0.1) is 10.9 Å². The molecule has 0 spiro atoms. The van der Waals surface area contributed by atoms with Gasteiger partial charge in [-0.05, 0) is 37.8 Å². The van der Waals surface area contributed by atoms with Gasteiger partial charge in [0.2, 0.25) is 5.91 Å². The zero-order chi connectivity index (χ0) is 14.3. The molecule has 0 N–H and O–H groups in total. The molecule has 0 aromatic carbocycles. The highest BCUT2D eigenvalue weighted by Crippen LogP contribution is 2.33. The van der Waals surface area contributed by atoms with Gasteiger partial charge in [-0.1, -0.05) is 0 Å². The van der Waals surface area contributed by atoms with Crippen molar-refractivity contribution in [3.63, 3.8) is 0 Å². The molecule has 5 heteroatoms. The van der Waals surface area contributed by atoms with Gasteiger partial charge in [-0.2, -0.15) is 0 Å². The van der Waals surface area contributed by atoms with Gasteiger partial charge in [0, 0.05) is 31.4 Å². The van der Waals surface area contributed by atoms with E-state index in [1.54, 1.807) is 11.3 Å². The van der Waals surface area contributed by atoms with E-state index in [0.29, 0.717) is 6.42 Å². The average molecular weight is 289 g/mol. The molecule has 20 heavy (non-hydrogen) atoms. The summed E-state index contributed by atoms with van der Waals surface area (Å²) in [7, 11) is 0. The van der Waals surface area contributed by atoms with Crippen molar-refractivity contribution >= 4 is 17.2 Å². The number of carbonyl (C=O) groups is 1. The maximum atomic E-state index is 12.1. The zero-order valence-electron chi connectivity index (χ0n) is 12.0. The Hall–Kier alpha value is -1.62. The number of thiophene rings is 1. The van der Waals surface area contributed by atoms with Crippen molar-refractivity contribution in [1.29, 1.82) is 0 Å². The van der Waals surface area contributed by atoms with Crippen LogP contribution in [0.5, 0.6) is 0 Å². The monoisotopic (exact) mass is 289 g/mol. The van der Waals surface area contributed by atoms with Crippen molar-refractivity contribution < 1.29 is 4.79 Å². The third kappa shape index (κ3) is 2.16. The predicted molar refractivity (Wildman–Crippen MR) is 80.8 cm³/mol. The van der Waals surface area contributed by atoms with Gasteiger partial charge in [0.1, 0.15) is 0 Å². The molecule has 2 aromatic heterocycles. The lowest BCUT2D eigenvalue weighted by Crippen LogP contribution is -2.32. The minimum Gasteiger partial charge on any atom is -0.338 e. The first kappa shape index (κ1) is 13.4. The van der Waals surface area contributed by atoms with Crippen molar-refractivity contribution in [3.8, 4) is 10.7 Å². The van der Waals surface area contributed by atoms with Gasteiger partial charge >= 0.3 is 0 Å². The lowest BCUT2D eigenvalue weighted by molar-refractivity contribution is -0.129. The van der Waals surface area contributed by atoms with Gasteiger partial charge < -0.3 is 9.47 Å². The van der Waals surface area contributed by atoms with Crippen molar-refractivity contribution in [2.75, 3.05) is 6.54 Å². The fourth-order valence-corrected chi connectivity index (χ4v) is 3.71. The standard InChI is InChI=1S/C15H19N3OS/c1-10(2)18-9-12(8-13(18)19)17-6-5-16-15(17)14-11(3)4-7-20-14/h4-7,10,12H,8-9H2,1-3H3/t12-/m0/s1. The Labute approximate surface area is 123 Å². The molecule has 1 saturated heterocycles. The molecule has 1 fully saturated rings. The van der Waals surface area contributed by atoms with Crippen LogP contribution in [0.4, 0.5) is 0 Å². The van der Waals surface area contributed by atoms with E-state index in [4.69, 9.17) is 0 Å². The SMILES string of the molecule is Cc1ccsc1-c1nccn1[C@H]1CC(=O)N(C(C)C)C1. The normalized spacial score (nSPS) is 19.3. The van der Waals surface area contributed by atoms with E-state index in [0.717, 1.165) is 12.4 Å². The third-order valence-corrected chi connectivity index (χ3v) is 4.90. The molecule has 3 rings (SSSR count). The number of rotatable bonds is 3. The number of aryl methyl sites for hydroxylation is 1. The number of carbonyl (C=O) groups excluding carboxylic acids is 1. The average Bonchev–Trinajstić information content (AvgIpc) is 3.06. The fraction of sp³-hybridized carbons (Fsp3) is 0.467. The minimum atomic E-state index is 0.198. The van der Waals surface area contributed by atoms with Crippen molar-refractivity contribution in [3.05, 3.63) is 29.4 Å². The van der Waals surface area contributed by atoms with Crippen LogP contribution in [-0.2, 0) is 4.79 Å². The van der Waals surface area contributed by atoms with Crippen molar-refractivity contribution in [2.45, 2.75) is 39.3 Å². The van der Waals surface area contributed by atoms with Gasteiger partial charge in [-0.3, -0.25) is 4.79 Å². The van der Waals surface area contributed by atoms with Crippen molar-refractivity contribution in [1.82, 2.24) is 14.5 Å². The molecule has 106 valence electrons. The van der Waals surface area contributed by atoms with Crippen molar-refractivity contribution in [2.24, 2.45) is 0 Å². The number of nitrogens with zero attached hydrogens (tertiary/aromatic N) is 3. The van der Waals surface area contributed by atoms with E-state index in [9.17, 15) is 4.79 Å². The molecule has 4 nitrogen and oxygen atoms in total. The number of aromatic nitrogens is 2. The molecule has 0 unspecified atom stereocenters. The van der Waals surface area contributed by atoms with Crippen LogP contribution in [-0.4, -0.2) is 32.9 Å². The topological polar surface area (TPSA) is 38.1 Å². The highest BCUT2D eigenvalue weighted by Gasteiger charge is 2.33. The summed E-state index contributed by atoms with van der Waals surface area (Å²) in [5.74, 6) is 1.23. The Kier molecular flexibility index (Phi) is 3.38. The first-order valence-electron chi connectivity index (χ1n) is 6.94. The molecule has 2 aromatic rings. The van der Waals surface area contributed by atoms with Crippen LogP contribution in [0.15, 0.2) is 23.8 Å². The summed E-state index contributed by atoms with van der Waals surface area (Å²) in [6.07, 6.45) is 4.40. The molecule has 1 aliphatic rings. The Morgan fingerprint density at radius 2 is 2.25 bits per heavy atom. The molecule has 1 amide bonds. The van der Waals surface area contributed by atoms with Gasteiger partial charge in [-0.25, -0.2) is 4.98 Å². The molecular formula is C15H19N3OS. The Bertz CT molecular complexity index is 629. The largest absolute Gasteiger partial charge is 0.338 e. The molecule has 1 aliphatic heterocycles. The molecule has 0 saturated carbocycles. The summed E-state index contributed by atoms with van der Waals surface area (Å²) in [5.41, 5.74) is 1.24. The van der Waals surface area contributed by atoms with E-state index in [-0.39, 0.29) is 18.0 Å². The highest BCUT2D eigenvalue weighted by molar-refractivity contribution is 7.13. The highest BCUT2D eigenvalue weighted by atomic mass is 32.1. The van der Waals surface area contributed by atoms with E-state index in [1.165, 1.54) is 10.4 Å². The summed E-state index contributed by atoms with van der Waals surface area (Å²) >= 11 is 1.71. The van der Waals surface area contributed by atoms with Crippen LogP contribution in [0.2, 0.25) is 0 Å². The molecule has 1 atom stereocenters. The first-order chi connectivity index (χ1) is 9.58. The minimum absolute atomic E-state index is 0.198. The quantitative estimate of drug-likeness (QED) is 0.871. The third-order valence-electron chi connectivity index (χ3n) is 3.89. The van der Waals surface area contributed by atoms with E-state index < -0.39 is 0 Å². The Morgan fingerprint density at radius 3 is 2.85 bits per heavy atom. The summed E-state index contributed by atoms with van der Waals surface area (Å²) in [4.78, 5) is 19.7. The number of hydrogen-bond acceptors (Lipinski definition) is 3. The molecule has 3 heterocycles. The Balaban J connectivity index is 1.92. The van der Waals surface area contributed by atoms with Gasteiger partial charge in [0.15, 0.2) is 5.82 Å². The van der Waals surface area contributed by atoms with Gasteiger partial charge in [-0.15, -0.1) is 11.3 Å². The van der Waals surface area contributed by atoms with E-state index in [2.05, 4.69) is 41.8 Å². The lowest BCUT2D eigenvalue weighted by atomic mass is 10.2. The molecule has 0 radical (unpaired) electrons. The number of amides is 1. The molecule has 0 bridgehead atoms. The van der Waals surface area contributed by atoms with Crippen LogP contribution >= 0.6 is 11.3 Å². The smallest absolute Gasteiger partial charge is 0.225 e. The summed E-state index contributed by atoms with van der Waals surface area (Å²) in [6, 6.07) is 2.58. The van der Waals surface area contributed by atoms with E-state index >= 15 is 0 Å². The lowest BCUT2D eigenvalue weighted by Gasteiger charge is -2.21. The second-order valence-corrected chi connectivity index (χ2v) is 6.50. The van der Waals surface area contributed by atoms with Gasteiger partial charge in [0.25, 0.3) is 0 Å². The fourth-order valence-electron chi connectivity index (χ4n) is 2.78. The maximum Gasteiger partial charge on any atom is 0.225 e. The second kappa shape index (κ2) is 5.05. The van der Waals surface area contributed by atoms with Crippen LogP contribution in [0, 0.1) is 6.92 Å². The number of likely N-dealkylation sites (tertiary alicyclic amines) is 1. The second-order valence-electron chi connectivity index (χ2n) is 5.59. The van der Waals surface area contributed by atoms with Crippen LogP contribution in [0.3, 0.4) is 0 Å². The molecule has 0 aliphatic carbocycles. The first-order valence-corrected chi connectivity index (χ1v) is 7.82. The summed E-state index contributed by atoms with van der Waals surface area (Å²) in [5, 5.41) is 2.09.